The Balaban J connectivity index is 1.96. The van der Waals surface area contributed by atoms with Crippen molar-refractivity contribution in [2.75, 3.05) is 26.6 Å². The zero-order chi connectivity index (χ0) is 19.7. The predicted molar refractivity (Wildman–Crippen MR) is 105 cm³/mol. The number of anilines is 2. The van der Waals surface area contributed by atoms with E-state index in [0.717, 1.165) is 16.6 Å². The van der Waals surface area contributed by atoms with Crippen LogP contribution in [0.4, 0.5) is 11.4 Å². The number of methoxy groups -OCH3 is 3. The molecule has 0 saturated carbocycles. The molecule has 0 aliphatic rings. The molecule has 4 aromatic rings. The van der Waals surface area contributed by atoms with Crippen LogP contribution in [0.5, 0.6) is 17.2 Å². The maximum atomic E-state index is 9.62. The van der Waals surface area contributed by atoms with E-state index in [2.05, 4.69) is 26.6 Å². The van der Waals surface area contributed by atoms with E-state index in [1.54, 1.807) is 19.4 Å². The normalized spacial score (nSPS) is 10.6. The smallest absolute Gasteiger partial charge is 0.205 e. The molecule has 0 atom stereocenters. The third-order valence-electron chi connectivity index (χ3n) is 4.50. The molecule has 2 N–H and O–H groups in total. The summed E-state index contributed by atoms with van der Waals surface area (Å²) in [7, 11) is 4.62. The van der Waals surface area contributed by atoms with Crippen molar-refractivity contribution in [3.05, 3.63) is 42.2 Å². The number of fused-ring (bicyclic) bond motifs is 2. The highest BCUT2D eigenvalue weighted by Crippen LogP contribution is 2.45. The average molecular weight is 375 g/mol. The molecule has 2 aromatic carbocycles. The number of ether oxygens (including phenoxy) is 3. The van der Waals surface area contributed by atoms with Crippen molar-refractivity contribution in [1.82, 2.24) is 15.2 Å². The molecule has 0 aliphatic heterocycles. The quantitative estimate of drug-likeness (QED) is 0.547. The first kappa shape index (κ1) is 17.4. The van der Waals surface area contributed by atoms with Crippen molar-refractivity contribution in [3.8, 4) is 23.3 Å². The van der Waals surface area contributed by atoms with Gasteiger partial charge in [-0.05, 0) is 24.3 Å². The van der Waals surface area contributed by atoms with Crippen molar-refractivity contribution in [3.63, 3.8) is 0 Å². The summed E-state index contributed by atoms with van der Waals surface area (Å²) < 4.78 is 16.4. The van der Waals surface area contributed by atoms with E-state index in [-0.39, 0.29) is 0 Å². The molecule has 8 nitrogen and oxygen atoms in total. The molecule has 2 heterocycles. The van der Waals surface area contributed by atoms with Gasteiger partial charge >= 0.3 is 0 Å². The molecule has 0 radical (unpaired) electrons. The number of hydrogen-bond donors (Lipinski definition) is 2. The molecule has 4 rings (SSSR count). The van der Waals surface area contributed by atoms with Gasteiger partial charge in [-0.1, -0.05) is 0 Å². The highest BCUT2D eigenvalue weighted by molar-refractivity contribution is 6.01. The second-order valence-electron chi connectivity index (χ2n) is 6.00. The van der Waals surface area contributed by atoms with Crippen LogP contribution >= 0.6 is 0 Å². The number of benzene rings is 2. The van der Waals surface area contributed by atoms with Gasteiger partial charge in [-0.2, -0.15) is 10.4 Å². The summed E-state index contributed by atoms with van der Waals surface area (Å²) in [5, 5.41) is 21.6. The van der Waals surface area contributed by atoms with Crippen LogP contribution in [0.2, 0.25) is 0 Å². The summed E-state index contributed by atoms with van der Waals surface area (Å²) in [6.45, 7) is 0. The van der Waals surface area contributed by atoms with Crippen LogP contribution in [0, 0.1) is 11.3 Å². The fourth-order valence-electron chi connectivity index (χ4n) is 3.18. The lowest BCUT2D eigenvalue weighted by molar-refractivity contribution is 0.327. The molecule has 0 fully saturated rings. The Labute approximate surface area is 160 Å². The van der Waals surface area contributed by atoms with Crippen molar-refractivity contribution in [2.45, 2.75) is 0 Å². The molecule has 0 bridgehead atoms. The minimum absolute atomic E-state index is 0.395. The molecule has 28 heavy (non-hydrogen) atoms. The largest absolute Gasteiger partial charge is 0.493 e. The lowest BCUT2D eigenvalue weighted by Crippen LogP contribution is -2.01. The molecule has 0 spiro atoms. The Kier molecular flexibility index (Phi) is 4.33. The first-order valence-corrected chi connectivity index (χ1v) is 8.42. The van der Waals surface area contributed by atoms with Gasteiger partial charge in [-0.25, -0.2) is 0 Å². The van der Waals surface area contributed by atoms with Gasteiger partial charge in [0.05, 0.1) is 44.3 Å². The minimum Gasteiger partial charge on any atom is -0.493 e. The number of hydrogen-bond acceptors (Lipinski definition) is 7. The lowest BCUT2D eigenvalue weighted by Gasteiger charge is -2.17. The molecule has 0 unspecified atom stereocenters. The van der Waals surface area contributed by atoms with Crippen molar-refractivity contribution >= 4 is 33.2 Å². The van der Waals surface area contributed by atoms with Gasteiger partial charge in [0.2, 0.25) is 5.75 Å². The summed E-state index contributed by atoms with van der Waals surface area (Å²) >= 11 is 0. The molecule has 8 heteroatoms. The highest BCUT2D eigenvalue weighted by Gasteiger charge is 2.21. The van der Waals surface area contributed by atoms with Gasteiger partial charge in [-0.15, -0.1) is 0 Å². The van der Waals surface area contributed by atoms with Crippen molar-refractivity contribution in [2.24, 2.45) is 0 Å². The van der Waals surface area contributed by atoms with Crippen LogP contribution in [0.25, 0.3) is 21.8 Å². The van der Waals surface area contributed by atoms with Crippen LogP contribution in [0.3, 0.4) is 0 Å². The molecule has 2 aromatic heterocycles. The number of nitrogens with zero attached hydrogens (tertiary/aromatic N) is 3. The Morgan fingerprint density at radius 3 is 2.57 bits per heavy atom. The van der Waals surface area contributed by atoms with Gasteiger partial charge in [0.1, 0.15) is 11.6 Å². The summed E-state index contributed by atoms with van der Waals surface area (Å²) in [6, 6.07) is 9.75. The first-order valence-electron chi connectivity index (χ1n) is 8.42. The van der Waals surface area contributed by atoms with E-state index in [0.29, 0.717) is 39.4 Å². The number of nitrogens with one attached hydrogen (secondary N) is 2. The highest BCUT2D eigenvalue weighted by atomic mass is 16.5. The van der Waals surface area contributed by atoms with Crippen LogP contribution < -0.4 is 19.5 Å². The molecular formula is C20H17N5O3. The molecule has 0 aliphatic carbocycles. The van der Waals surface area contributed by atoms with Gasteiger partial charge in [0.25, 0.3) is 0 Å². The number of rotatable bonds is 5. The molecule has 140 valence electrons. The molecular weight excluding hydrogens is 358 g/mol. The lowest BCUT2D eigenvalue weighted by atomic mass is 10.1. The van der Waals surface area contributed by atoms with E-state index < -0.39 is 0 Å². The van der Waals surface area contributed by atoms with Gasteiger partial charge in [0.15, 0.2) is 11.5 Å². The Bertz CT molecular complexity index is 1230. The SMILES string of the molecule is COc1cc2c(Nc3ccc4cn[nH]c4c3)c(C#N)cnc2c(OC)c1OC. The van der Waals surface area contributed by atoms with E-state index in [1.807, 2.05) is 18.2 Å². The van der Waals surface area contributed by atoms with Crippen LogP contribution in [0.1, 0.15) is 5.56 Å². The summed E-state index contributed by atoms with van der Waals surface area (Å²) in [6.07, 6.45) is 3.26. The summed E-state index contributed by atoms with van der Waals surface area (Å²) in [5.41, 5.74) is 3.24. The maximum Gasteiger partial charge on any atom is 0.205 e. The average Bonchev–Trinajstić information content (AvgIpc) is 3.20. The Hall–Kier alpha value is -3.99. The first-order chi connectivity index (χ1) is 13.7. The van der Waals surface area contributed by atoms with Gasteiger partial charge in [0, 0.05) is 22.7 Å². The van der Waals surface area contributed by atoms with Gasteiger partial charge < -0.3 is 19.5 Å². The fraction of sp³-hybridized carbons (Fsp3) is 0.150. The molecule has 0 amide bonds. The number of nitriles is 1. The van der Waals surface area contributed by atoms with Crippen molar-refractivity contribution < 1.29 is 14.2 Å². The third-order valence-corrected chi connectivity index (χ3v) is 4.50. The second-order valence-corrected chi connectivity index (χ2v) is 6.00. The third kappa shape index (κ3) is 2.70. The number of H-pyrrole nitrogens is 1. The predicted octanol–water partition coefficient (Wildman–Crippen LogP) is 3.75. The zero-order valence-corrected chi connectivity index (χ0v) is 15.5. The van der Waals surface area contributed by atoms with Crippen LogP contribution in [0.15, 0.2) is 36.7 Å². The van der Waals surface area contributed by atoms with E-state index in [1.165, 1.54) is 20.4 Å². The number of aromatic nitrogens is 3. The zero-order valence-electron chi connectivity index (χ0n) is 15.5. The van der Waals surface area contributed by atoms with Gasteiger partial charge in [-0.3, -0.25) is 10.1 Å². The van der Waals surface area contributed by atoms with E-state index in [9.17, 15) is 5.26 Å². The second kappa shape index (κ2) is 6.96. The summed E-state index contributed by atoms with van der Waals surface area (Å²) in [5.74, 6) is 1.36. The molecule has 0 saturated heterocycles. The van der Waals surface area contributed by atoms with Crippen molar-refractivity contribution in [1.29, 1.82) is 5.26 Å². The minimum atomic E-state index is 0.395. The number of aromatic amines is 1. The standard InChI is InChI=1S/C20H17N5O3/c1-26-16-7-14-17(24-13-5-4-11-10-23-25-15(11)6-13)12(8-21)9-22-18(14)20(28-3)19(16)27-2/h4-7,9-10H,1-3H3,(H,22,24)(H,23,25). The van der Waals surface area contributed by atoms with E-state index in [4.69, 9.17) is 14.2 Å². The Morgan fingerprint density at radius 2 is 1.86 bits per heavy atom. The fourth-order valence-corrected chi connectivity index (χ4v) is 3.18. The number of pyridine rings is 1. The summed E-state index contributed by atoms with van der Waals surface area (Å²) in [4.78, 5) is 4.41. The topological polar surface area (TPSA) is 105 Å². The monoisotopic (exact) mass is 375 g/mol. The Morgan fingerprint density at radius 1 is 1.04 bits per heavy atom. The van der Waals surface area contributed by atoms with Crippen LogP contribution in [-0.2, 0) is 0 Å². The van der Waals surface area contributed by atoms with Crippen LogP contribution in [-0.4, -0.2) is 36.5 Å². The van der Waals surface area contributed by atoms with E-state index >= 15 is 0 Å². The maximum absolute atomic E-state index is 9.62.